The molecule has 1 atom stereocenters. The molecule has 7 nitrogen and oxygen atoms in total. The molecule has 164 valence electrons. The van der Waals surface area contributed by atoms with Crippen molar-refractivity contribution in [3.63, 3.8) is 0 Å². The van der Waals surface area contributed by atoms with Gasteiger partial charge in [-0.15, -0.1) is 0 Å². The lowest BCUT2D eigenvalue weighted by molar-refractivity contribution is -0.134. The van der Waals surface area contributed by atoms with E-state index in [0.29, 0.717) is 25.2 Å². The molecule has 2 fully saturated rings. The van der Waals surface area contributed by atoms with E-state index in [0.717, 1.165) is 69.5 Å². The molecule has 0 aromatic heterocycles. The summed E-state index contributed by atoms with van der Waals surface area (Å²) in [4.78, 5) is 37.2. The molecule has 0 saturated carbocycles. The molecular formula is C23H34N4O3. The molecule has 0 spiro atoms. The van der Waals surface area contributed by atoms with Gasteiger partial charge in [0, 0.05) is 43.9 Å². The molecule has 2 aliphatic rings. The highest BCUT2D eigenvalue weighted by molar-refractivity contribution is 6.01. The molecule has 7 heteroatoms. The second-order valence-corrected chi connectivity index (χ2v) is 8.26. The van der Waals surface area contributed by atoms with Crippen LogP contribution in [-0.2, 0) is 14.4 Å². The fourth-order valence-corrected chi connectivity index (χ4v) is 4.01. The number of nitrogens with zero attached hydrogens (tertiary/aromatic N) is 1. The largest absolute Gasteiger partial charge is 0.385 e. The number of nitrogens with one attached hydrogen (secondary N) is 3. The van der Waals surface area contributed by atoms with Crippen LogP contribution in [0.25, 0.3) is 0 Å². The number of carbonyl (C=O) groups excluding carboxylic acids is 3. The molecule has 1 aromatic rings. The first-order valence-corrected chi connectivity index (χ1v) is 11.3. The topological polar surface area (TPSA) is 90.5 Å². The van der Waals surface area contributed by atoms with E-state index in [-0.39, 0.29) is 17.9 Å². The second-order valence-electron chi connectivity index (χ2n) is 8.26. The van der Waals surface area contributed by atoms with Gasteiger partial charge >= 0.3 is 0 Å². The molecule has 2 heterocycles. The van der Waals surface area contributed by atoms with E-state index in [9.17, 15) is 14.4 Å². The number of hydrogen-bond acceptors (Lipinski definition) is 5. The lowest BCUT2D eigenvalue weighted by Crippen LogP contribution is -2.47. The first-order chi connectivity index (χ1) is 14.6. The number of rotatable bonds is 10. The average molecular weight is 415 g/mol. The van der Waals surface area contributed by atoms with Crippen LogP contribution in [-0.4, -0.2) is 48.3 Å². The van der Waals surface area contributed by atoms with E-state index >= 15 is 0 Å². The Morgan fingerprint density at radius 1 is 0.967 bits per heavy atom. The van der Waals surface area contributed by atoms with Crippen molar-refractivity contribution in [1.29, 1.82) is 0 Å². The van der Waals surface area contributed by atoms with Crippen molar-refractivity contribution >= 4 is 29.1 Å². The molecule has 3 N–H and O–H groups in total. The zero-order valence-electron chi connectivity index (χ0n) is 17.8. The summed E-state index contributed by atoms with van der Waals surface area (Å²) in [6, 6.07) is 7.51. The second kappa shape index (κ2) is 11.6. The maximum atomic E-state index is 12.1. The van der Waals surface area contributed by atoms with Crippen LogP contribution in [0.2, 0.25) is 0 Å². The number of likely N-dealkylation sites (tertiary alicyclic amines) is 1. The van der Waals surface area contributed by atoms with Crippen LogP contribution in [0, 0.1) is 0 Å². The minimum absolute atomic E-state index is 0.203. The Hall–Kier alpha value is -2.57. The minimum atomic E-state index is -0.358. The van der Waals surface area contributed by atoms with Gasteiger partial charge in [0.15, 0.2) is 0 Å². The standard InChI is InChI=1S/C23H34N4O3/c28-21-14-13-20(23(30)26-21)25-19-11-9-18(10-12-19)24-15-5-2-1-4-8-22(29)27-16-6-3-7-17-27/h9-12,20,24-25H,1-8,13-17H2,(H,26,28,30). The minimum Gasteiger partial charge on any atom is -0.385 e. The highest BCUT2D eigenvalue weighted by Gasteiger charge is 2.26. The zero-order valence-corrected chi connectivity index (χ0v) is 17.8. The summed E-state index contributed by atoms with van der Waals surface area (Å²) in [5, 5.41) is 8.95. The summed E-state index contributed by atoms with van der Waals surface area (Å²) in [7, 11) is 0. The van der Waals surface area contributed by atoms with Crippen LogP contribution >= 0.6 is 0 Å². The van der Waals surface area contributed by atoms with Crippen molar-refractivity contribution in [2.75, 3.05) is 30.3 Å². The molecule has 30 heavy (non-hydrogen) atoms. The third-order valence-electron chi connectivity index (χ3n) is 5.82. The van der Waals surface area contributed by atoms with Crippen molar-refractivity contribution < 1.29 is 14.4 Å². The number of imide groups is 1. The quantitative estimate of drug-likeness (QED) is 0.404. The van der Waals surface area contributed by atoms with E-state index in [1.165, 1.54) is 6.42 Å². The lowest BCUT2D eigenvalue weighted by Gasteiger charge is -2.26. The molecule has 0 aliphatic carbocycles. The first kappa shape index (κ1) is 22.1. The van der Waals surface area contributed by atoms with Gasteiger partial charge in [0.05, 0.1) is 0 Å². The van der Waals surface area contributed by atoms with Gasteiger partial charge in [-0.25, -0.2) is 0 Å². The van der Waals surface area contributed by atoms with Crippen molar-refractivity contribution in [1.82, 2.24) is 10.2 Å². The molecule has 0 bridgehead atoms. The fraction of sp³-hybridized carbons (Fsp3) is 0.609. The Morgan fingerprint density at radius 2 is 1.67 bits per heavy atom. The Kier molecular flexibility index (Phi) is 8.53. The lowest BCUT2D eigenvalue weighted by atomic mass is 10.1. The number of amides is 3. The predicted octanol–water partition coefficient (Wildman–Crippen LogP) is 3.28. The van der Waals surface area contributed by atoms with Crippen LogP contribution in [0.1, 0.15) is 64.2 Å². The van der Waals surface area contributed by atoms with E-state index in [4.69, 9.17) is 0 Å². The normalized spacial score (nSPS) is 19.3. The van der Waals surface area contributed by atoms with Gasteiger partial charge in [-0.2, -0.15) is 0 Å². The monoisotopic (exact) mass is 414 g/mol. The predicted molar refractivity (Wildman–Crippen MR) is 118 cm³/mol. The van der Waals surface area contributed by atoms with E-state index in [1.54, 1.807) is 0 Å². The Bertz CT molecular complexity index is 714. The Labute approximate surface area is 179 Å². The van der Waals surface area contributed by atoms with Crippen LogP contribution in [0.5, 0.6) is 0 Å². The number of anilines is 2. The average Bonchev–Trinajstić information content (AvgIpc) is 2.76. The molecule has 3 amide bonds. The van der Waals surface area contributed by atoms with Crippen molar-refractivity contribution in [3.8, 4) is 0 Å². The van der Waals surface area contributed by atoms with Gasteiger partial charge in [-0.1, -0.05) is 12.8 Å². The first-order valence-electron chi connectivity index (χ1n) is 11.3. The van der Waals surface area contributed by atoms with E-state index in [1.807, 2.05) is 29.2 Å². The van der Waals surface area contributed by atoms with E-state index < -0.39 is 0 Å². The van der Waals surface area contributed by atoms with Gasteiger partial charge in [-0.3, -0.25) is 19.7 Å². The Morgan fingerprint density at radius 3 is 2.40 bits per heavy atom. The van der Waals surface area contributed by atoms with Gasteiger partial charge in [-0.05, 0) is 62.8 Å². The molecule has 0 radical (unpaired) electrons. The fourth-order valence-electron chi connectivity index (χ4n) is 4.01. The molecule has 2 saturated heterocycles. The molecule has 1 aromatic carbocycles. The molecule has 3 rings (SSSR count). The van der Waals surface area contributed by atoms with Crippen molar-refractivity contribution in [3.05, 3.63) is 24.3 Å². The van der Waals surface area contributed by atoms with Gasteiger partial charge in [0.2, 0.25) is 17.7 Å². The third kappa shape index (κ3) is 7.04. The summed E-state index contributed by atoms with van der Waals surface area (Å²) in [5.74, 6) is -0.129. The molecule has 2 aliphatic heterocycles. The maximum absolute atomic E-state index is 12.1. The number of carbonyl (C=O) groups is 3. The molecule has 1 unspecified atom stereocenters. The van der Waals surface area contributed by atoms with Gasteiger partial charge < -0.3 is 15.5 Å². The number of unbranched alkanes of at least 4 members (excludes halogenated alkanes) is 3. The van der Waals surface area contributed by atoms with Crippen LogP contribution in [0.4, 0.5) is 11.4 Å². The number of benzene rings is 1. The molecular weight excluding hydrogens is 380 g/mol. The van der Waals surface area contributed by atoms with Crippen molar-refractivity contribution in [2.45, 2.75) is 70.3 Å². The van der Waals surface area contributed by atoms with Crippen LogP contribution in [0.3, 0.4) is 0 Å². The zero-order chi connectivity index (χ0) is 21.2. The summed E-state index contributed by atoms with van der Waals surface area (Å²) in [6.07, 6.45) is 9.43. The van der Waals surface area contributed by atoms with Gasteiger partial charge in [0.25, 0.3) is 0 Å². The summed E-state index contributed by atoms with van der Waals surface area (Å²) < 4.78 is 0. The maximum Gasteiger partial charge on any atom is 0.249 e. The summed E-state index contributed by atoms with van der Waals surface area (Å²) in [5.41, 5.74) is 1.91. The SMILES string of the molecule is O=C1CCC(Nc2ccc(NCCCCCCC(=O)N3CCCCC3)cc2)C(=O)N1. The number of hydrogen-bond donors (Lipinski definition) is 3. The van der Waals surface area contributed by atoms with Crippen LogP contribution in [0.15, 0.2) is 24.3 Å². The third-order valence-corrected chi connectivity index (χ3v) is 5.82. The smallest absolute Gasteiger partial charge is 0.249 e. The summed E-state index contributed by atoms with van der Waals surface area (Å²) >= 11 is 0. The number of piperidine rings is 2. The van der Waals surface area contributed by atoms with Gasteiger partial charge in [0.1, 0.15) is 6.04 Å². The van der Waals surface area contributed by atoms with E-state index in [2.05, 4.69) is 16.0 Å². The Balaban J connectivity index is 1.25. The van der Waals surface area contributed by atoms with Crippen molar-refractivity contribution in [2.24, 2.45) is 0 Å². The van der Waals surface area contributed by atoms with Crippen LogP contribution < -0.4 is 16.0 Å². The highest BCUT2D eigenvalue weighted by Crippen LogP contribution is 2.17. The summed E-state index contributed by atoms with van der Waals surface area (Å²) in [6.45, 7) is 2.80. The highest BCUT2D eigenvalue weighted by atomic mass is 16.2.